The summed E-state index contributed by atoms with van der Waals surface area (Å²) in [6.45, 7) is 7.87. The molecule has 64 valence electrons. The third-order valence-electron chi connectivity index (χ3n) is 1.64. The molecule has 3 heteroatoms. The molecule has 0 radical (unpaired) electrons. The first-order valence-corrected chi connectivity index (χ1v) is 3.81. The number of rotatable bonds is 2. The highest BCUT2D eigenvalue weighted by molar-refractivity contribution is 5.79. The molecule has 0 aromatic heterocycles. The Balaban J connectivity index is 2.91. The summed E-state index contributed by atoms with van der Waals surface area (Å²) in [6, 6.07) is 0. The van der Waals surface area contributed by atoms with Crippen molar-refractivity contribution in [3.8, 4) is 0 Å². The molecule has 1 heterocycles. The van der Waals surface area contributed by atoms with Crippen LogP contribution in [0.25, 0.3) is 0 Å². The van der Waals surface area contributed by atoms with E-state index >= 15 is 0 Å². The lowest BCUT2D eigenvalue weighted by atomic mass is 10.3. The van der Waals surface area contributed by atoms with E-state index < -0.39 is 0 Å². The topological polar surface area (TPSA) is 41.1 Å². The van der Waals surface area contributed by atoms with Gasteiger partial charge < -0.3 is 10.6 Å². The van der Waals surface area contributed by atoms with Gasteiger partial charge in [0.2, 0.25) is 5.91 Å². The van der Waals surface area contributed by atoms with E-state index in [1.807, 2.05) is 0 Å². The zero-order valence-electron chi connectivity index (χ0n) is 6.89. The molecular weight excluding hydrogens is 152 g/mol. The van der Waals surface area contributed by atoms with Crippen molar-refractivity contribution in [3.63, 3.8) is 0 Å². The number of carbonyl (C=O) groups excluding carboxylic acids is 1. The van der Waals surface area contributed by atoms with Gasteiger partial charge in [0.1, 0.15) is 0 Å². The predicted molar refractivity (Wildman–Crippen MR) is 48.2 cm³/mol. The zero-order valence-corrected chi connectivity index (χ0v) is 6.89. The molecule has 3 nitrogen and oxygen atoms in total. The number of amides is 1. The van der Waals surface area contributed by atoms with E-state index in [4.69, 9.17) is 0 Å². The highest BCUT2D eigenvalue weighted by Crippen LogP contribution is 2.04. The van der Waals surface area contributed by atoms with Gasteiger partial charge in [0.15, 0.2) is 0 Å². The SMILES string of the molecule is C=CC1=C(C=C)NC(=O)CCN1. The fourth-order valence-electron chi connectivity index (χ4n) is 1.03. The summed E-state index contributed by atoms with van der Waals surface area (Å²) < 4.78 is 0. The van der Waals surface area contributed by atoms with Crippen LogP contribution in [0.3, 0.4) is 0 Å². The summed E-state index contributed by atoms with van der Waals surface area (Å²) in [7, 11) is 0. The number of hydrogen-bond donors (Lipinski definition) is 2. The maximum absolute atomic E-state index is 11.0. The van der Waals surface area contributed by atoms with Crippen molar-refractivity contribution < 1.29 is 4.79 Å². The predicted octanol–water partition coefficient (Wildman–Crippen LogP) is 0.679. The quantitative estimate of drug-likeness (QED) is 0.630. The fourth-order valence-corrected chi connectivity index (χ4v) is 1.03. The minimum atomic E-state index is 0.00856. The number of carbonyl (C=O) groups is 1. The van der Waals surface area contributed by atoms with Crippen molar-refractivity contribution >= 4 is 5.91 Å². The lowest BCUT2D eigenvalue weighted by Crippen LogP contribution is -2.20. The third kappa shape index (κ3) is 1.75. The van der Waals surface area contributed by atoms with Crippen molar-refractivity contribution in [3.05, 3.63) is 36.7 Å². The lowest BCUT2D eigenvalue weighted by Gasteiger charge is -2.05. The van der Waals surface area contributed by atoms with Crippen molar-refractivity contribution in [2.24, 2.45) is 0 Å². The van der Waals surface area contributed by atoms with Crippen LogP contribution in [0.2, 0.25) is 0 Å². The van der Waals surface area contributed by atoms with E-state index in [1.54, 1.807) is 12.2 Å². The van der Waals surface area contributed by atoms with Crippen molar-refractivity contribution in [1.29, 1.82) is 0 Å². The molecular formula is C9H12N2O. The second-order valence-electron chi connectivity index (χ2n) is 2.46. The molecule has 1 aliphatic rings. The average molecular weight is 164 g/mol. The molecule has 0 aromatic rings. The van der Waals surface area contributed by atoms with Crippen LogP contribution in [0.5, 0.6) is 0 Å². The Labute approximate surface area is 71.8 Å². The van der Waals surface area contributed by atoms with Crippen LogP contribution in [-0.4, -0.2) is 12.5 Å². The molecule has 0 fully saturated rings. The van der Waals surface area contributed by atoms with Gasteiger partial charge in [0.05, 0.1) is 11.4 Å². The third-order valence-corrected chi connectivity index (χ3v) is 1.64. The first kappa shape index (κ1) is 8.59. The van der Waals surface area contributed by atoms with Gasteiger partial charge in [-0.3, -0.25) is 4.79 Å². The van der Waals surface area contributed by atoms with Gasteiger partial charge >= 0.3 is 0 Å². The van der Waals surface area contributed by atoms with E-state index in [1.165, 1.54) is 0 Å². The fraction of sp³-hybridized carbons (Fsp3) is 0.222. The molecule has 0 bridgehead atoms. The Hall–Kier alpha value is -1.51. The van der Waals surface area contributed by atoms with Crippen LogP contribution in [0.1, 0.15) is 6.42 Å². The van der Waals surface area contributed by atoms with Gasteiger partial charge in [0.25, 0.3) is 0 Å². The Morgan fingerprint density at radius 2 is 1.92 bits per heavy atom. The summed E-state index contributed by atoms with van der Waals surface area (Å²) in [5.74, 6) is 0.00856. The largest absolute Gasteiger partial charge is 0.383 e. The lowest BCUT2D eigenvalue weighted by molar-refractivity contribution is -0.120. The molecule has 0 unspecified atom stereocenters. The van der Waals surface area contributed by atoms with Crippen molar-refractivity contribution in [1.82, 2.24) is 10.6 Å². The molecule has 2 N–H and O–H groups in total. The van der Waals surface area contributed by atoms with Crippen molar-refractivity contribution in [2.75, 3.05) is 6.54 Å². The monoisotopic (exact) mass is 164 g/mol. The average Bonchev–Trinajstić information content (AvgIpc) is 2.26. The highest BCUT2D eigenvalue weighted by Gasteiger charge is 2.10. The molecule has 0 aromatic carbocycles. The van der Waals surface area contributed by atoms with Gasteiger partial charge in [0, 0.05) is 13.0 Å². The van der Waals surface area contributed by atoms with Crippen LogP contribution < -0.4 is 10.6 Å². The standard InChI is InChI=1S/C9H12N2O/c1-3-7-8(4-2)11-9(12)5-6-10-7/h3-4,10H,1-2,5-6H2,(H,11,12). The molecule has 0 aliphatic carbocycles. The van der Waals surface area contributed by atoms with E-state index in [0.29, 0.717) is 18.7 Å². The Kier molecular flexibility index (Phi) is 2.69. The summed E-state index contributed by atoms with van der Waals surface area (Å²) in [6.07, 6.45) is 3.75. The number of allylic oxidation sites excluding steroid dienone is 2. The summed E-state index contributed by atoms with van der Waals surface area (Å²) >= 11 is 0. The van der Waals surface area contributed by atoms with Crippen LogP contribution in [0, 0.1) is 0 Å². The summed E-state index contributed by atoms with van der Waals surface area (Å²) in [4.78, 5) is 11.0. The highest BCUT2D eigenvalue weighted by atomic mass is 16.1. The van der Waals surface area contributed by atoms with E-state index in [9.17, 15) is 4.79 Å². The van der Waals surface area contributed by atoms with Crippen molar-refractivity contribution in [2.45, 2.75) is 6.42 Å². The zero-order chi connectivity index (χ0) is 8.97. The van der Waals surface area contributed by atoms with Gasteiger partial charge in [-0.05, 0) is 12.2 Å². The summed E-state index contributed by atoms with van der Waals surface area (Å²) in [5.41, 5.74) is 1.53. The Morgan fingerprint density at radius 3 is 2.50 bits per heavy atom. The van der Waals surface area contributed by atoms with Crippen LogP contribution in [0.4, 0.5) is 0 Å². The Morgan fingerprint density at radius 1 is 1.25 bits per heavy atom. The van der Waals surface area contributed by atoms with E-state index in [-0.39, 0.29) is 5.91 Å². The first-order chi connectivity index (χ1) is 5.77. The molecule has 1 rings (SSSR count). The molecule has 0 saturated heterocycles. The molecule has 1 aliphatic heterocycles. The normalized spacial score (nSPS) is 17.5. The minimum absolute atomic E-state index is 0.00856. The molecule has 12 heavy (non-hydrogen) atoms. The first-order valence-electron chi connectivity index (χ1n) is 3.81. The smallest absolute Gasteiger partial charge is 0.226 e. The maximum Gasteiger partial charge on any atom is 0.226 e. The summed E-state index contributed by atoms with van der Waals surface area (Å²) in [5, 5.41) is 5.79. The van der Waals surface area contributed by atoms with Crippen LogP contribution in [0.15, 0.2) is 36.7 Å². The second-order valence-corrected chi connectivity index (χ2v) is 2.46. The molecule has 1 amide bonds. The van der Waals surface area contributed by atoms with Gasteiger partial charge in [-0.2, -0.15) is 0 Å². The molecule has 0 saturated carbocycles. The van der Waals surface area contributed by atoms with Crippen LogP contribution >= 0.6 is 0 Å². The van der Waals surface area contributed by atoms with Gasteiger partial charge in [-0.25, -0.2) is 0 Å². The Bertz CT molecular complexity index is 253. The molecule has 0 atom stereocenters. The minimum Gasteiger partial charge on any atom is -0.383 e. The second kappa shape index (κ2) is 3.76. The van der Waals surface area contributed by atoms with Crippen LogP contribution in [-0.2, 0) is 4.79 Å². The molecule has 0 spiro atoms. The maximum atomic E-state index is 11.0. The number of nitrogens with one attached hydrogen (secondary N) is 2. The van der Waals surface area contributed by atoms with Gasteiger partial charge in [-0.1, -0.05) is 13.2 Å². The van der Waals surface area contributed by atoms with Gasteiger partial charge in [-0.15, -0.1) is 0 Å². The number of hydrogen-bond acceptors (Lipinski definition) is 2. The van der Waals surface area contributed by atoms with E-state index in [2.05, 4.69) is 23.8 Å². The van der Waals surface area contributed by atoms with E-state index in [0.717, 1.165) is 5.70 Å².